The molecule has 1 aromatic heterocycles. The Morgan fingerprint density at radius 3 is 2.53 bits per heavy atom. The second-order valence-electron chi connectivity index (χ2n) is 3.81. The molecule has 0 atom stereocenters. The van der Waals surface area contributed by atoms with E-state index in [2.05, 4.69) is 4.98 Å². The van der Waals surface area contributed by atoms with Gasteiger partial charge < -0.3 is 4.74 Å². The van der Waals surface area contributed by atoms with Gasteiger partial charge in [-0.15, -0.1) is 0 Å². The molecule has 0 saturated heterocycles. The molecule has 0 radical (unpaired) electrons. The fourth-order valence-electron chi connectivity index (χ4n) is 1.56. The molecule has 17 heavy (non-hydrogen) atoms. The highest BCUT2D eigenvalue weighted by Gasteiger charge is 2.06. The first-order valence-electron chi connectivity index (χ1n) is 5.37. The number of hydrogen-bond donors (Lipinski definition) is 0. The lowest BCUT2D eigenvalue weighted by molar-refractivity contribution is 0.101. The number of pyridine rings is 1. The summed E-state index contributed by atoms with van der Waals surface area (Å²) in [6.07, 6.45) is 1.55. The van der Waals surface area contributed by atoms with Crippen LogP contribution in [0.15, 0.2) is 42.6 Å². The highest BCUT2D eigenvalue weighted by atomic mass is 16.5. The summed E-state index contributed by atoms with van der Waals surface area (Å²) in [7, 11) is 0. The number of aromatic nitrogens is 1. The van der Waals surface area contributed by atoms with Crippen LogP contribution in [0.5, 0.6) is 11.6 Å². The number of carbonyl (C=O) groups excluding carboxylic acids is 1. The molecule has 0 bridgehead atoms. The van der Waals surface area contributed by atoms with Crippen molar-refractivity contribution in [3.05, 3.63) is 53.7 Å². The van der Waals surface area contributed by atoms with Gasteiger partial charge in [0, 0.05) is 17.8 Å². The number of carbonyl (C=O) groups is 1. The highest BCUT2D eigenvalue weighted by molar-refractivity contribution is 5.95. The van der Waals surface area contributed by atoms with Crippen molar-refractivity contribution in [3.63, 3.8) is 0 Å². The summed E-state index contributed by atoms with van der Waals surface area (Å²) in [5, 5.41) is 0. The molecule has 0 aliphatic rings. The zero-order chi connectivity index (χ0) is 12.3. The molecule has 86 valence electrons. The van der Waals surface area contributed by atoms with Gasteiger partial charge in [-0.1, -0.05) is 18.2 Å². The van der Waals surface area contributed by atoms with Crippen LogP contribution in [0.2, 0.25) is 0 Å². The van der Waals surface area contributed by atoms with Crippen molar-refractivity contribution in [2.24, 2.45) is 0 Å². The molecule has 1 aromatic carbocycles. The zero-order valence-electron chi connectivity index (χ0n) is 9.81. The number of nitrogens with zero attached hydrogens (tertiary/aromatic N) is 1. The Bertz CT molecular complexity index is 535. The third kappa shape index (κ3) is 2.69. The molecule has 0 N–H and O–H groups in total. The first kappa shape index (κ1) is 11.3. The maximum atomic E-state index is 11.3. The topological polar surface area (TPSA) is 39.2 Å². The summed E-state index contributed by atoms with van der Waals surface area (Å²) in [6.45, 7) is 3.40. The maximum Gasteiger partial charge on any atom is 0.219 e. The SMILES string of the molecule is CC(=O)c1cnc(Oc2ccccc2)cc1C. The quantitative estimate of drug-likeness (QED) is 0.754. The van der Waals surface area contributed by atoms with Crippen LogP contribution in [-0.2, 0) is 0 Å². The lowest BCUT2D eigenvalue weighted by atomic mass is 10.1. The number of Topliss-reactive ketones (excluding diaryl/α,β-unsaturated/α-hetero) is 1. The minimum absolute atomic E-state index is 0.0151. The van der Waals surface area contributed by atoms with E-state index in [1.807, 2.05) is 37.3 Å². The van der Waals surface area contributed by atoms with Crippen LogP contribution in [0.4, 0.5) is 0 Å². The van der Waals surface area contributed by atoms with Gasteiger partial charge in [0.2, 0.25) is 5.88 Å². The van der Waals surface area contributed by atoms with E-state index in [4.69, 9.17) is 4.74 Å². The van der Waals surface area contributed by atoms with Crippen molar-refractivity contribution in [2.45, 2.75) is 13.8 Å². The normalized spacial score (nSPS) is 10.0. The van der Waals surface area contributed by atoms with Gasteiger partial charge in [0.05, 0.1) is 0 Å². The minimum Gasteiger partial charge on any atom is -0.439 e. The predicted octanol–water partition coefficient (Wildman–Crippen LogP) is 3.38. The molecule has 3 nitrogen and oxygen atoms in total. The van der Waals surface area contributed by atoms with Gasteiger partial charge in [0.25, 0.3) is 0 Å². The van der Waals surface area contributed by atoms with Gasteiger partial charge in [0.15, 0.2) is 5.78 Å². The number of benzene rings is 1. The van der Waals surface area contributed by atoms with Crippen molar-refractivity contribution in [1.82, 2.24) is 4.98 Å². The van der Waals surface area contributed by atoms with Gasteiger partial charge in [-0.05, 0) is 31.5 Å². The largest absolute Gasteiger partial charge is 0.439 e. The predicted molar refractivity (Wildman–Crippen MR) is 65.5 cm³/mol. The Morgan fingerprint density at radius 1 is 1.24 bits per heavy atom. The Labute approximate surface area is 100 Å². The van der Waals surface area contributed by atoms with Crippen LogP contribution in [-0.4, -0.2) is 10.8 Å². The van der Waals surface area contributed by atoms with Crippen molar-refractivity contribution in [3.8, 4) is 11.6 Å². The van der Waals surface area contributed by atoms with E-state index in [0.717, 1.165) is 11.3 Å². The zero-order valence-corrected chi connectivity index (χ0v) is 9.81. The molecule has 0 unspecified atom stereocenters. The lowest BCUT2D eigenvalue weighted by Gasteiger charge is -2.06. The summed E-state index contributed by atoms with van der Waals surface area (Å²) in [5.41, 5.74) is 1.50. The molecule has 1 heterocycles. The fraction of sp³-hybridized carbons (Fsp3) is 0.143. The van der Waals surface area contributed by atoms with Gasteiger partial charge in [-0.3, -0.25) is 4.79 Å². The smallest absolute Gasteiger partial charge is 0.219 e. The number of para-hydroxylation sites is 1. The second-order valence-corrected chi connectivity index (χ2v) is 3.81. The standard InChI is InChI=1S/C14H13NO2/c1-10-8-14(15-9-13(10)11(2)16)17-12-6-4-3-5-7-12/h3-9H,1-2H3. The third-order valence-electron chi connectivity index (χ3n) is 2.43. The van der Waals surface area contributed by atoms with Crippen LogP contribution in [0.25, 0.3) is 0 Å². The molecular formula is C14H13NO2. The van der Waals surface area contributed by atoms with Crippen molar-refractivity contribution < 1.29 is 9.53 Å². The Kier molecular flexibility index (Phi) is 3.19. The summed E-state index contributed by atoms with van der Waals surface area (Å²) in [4.78, 5) is 15.4. The Morgan fingerprint density at radius 2 is 1.94 bits per heavy atom. The van der Waals surface area contributed by atoms with Crippen LogP contribution >= 0.6 is 0 Å². The first-order valence-corrected chi connectivity index (χ1v) is 5.37. The number of ether oxygens (including phenoxy) is 1. The fourth-order valence-corrected chi connectivity index (χ4v) is 1.56. The molecule has 0 fully saturated rings. The molecule has 3 heteroatoms. The Balaban J connectivity index is 2.24. The van der Waals surface area contributed by atoms with E-state index in [-0.39, 0.29) is 5.78 Å². The van der Waals surface area contributed by atoms with E-state index in [0.29, 0.717) is 11.4 Å². The summed E-state index contributed by atoms with van der Waals surface area (Å²) < 4.78 is 5.57. The maximum absolute atomic E-state index is 11.3. The van der Waals surface area contributed by atoms with Gasteiger partial charge in [-0.25, -0.2) is 4.98 Å². The monoisotopic (exact) mass is 227 g/mol. The average molecular weight is 227 g/mol. The Hall–Kier alpha value is -2.16. The molecule has 0 saturated carbocycles. The van der Waals surface area contributed by atoms with E-state index < -0.39 is 0 Å². The van der Waals surface area contributed by atoms with Crippen LogP contribution in [0, 0.1) is 6.92 Å². The summed E-state index contributed by atoms with van der Waals surface area (Å²) >= 11 is 0. The molecular weight excluding hydrogens is 214 g/mol. The van der Waals surface area contributed by atoms with E-state index in [9.17, 15) is 4.79 Å². The minimum atomic E-state index is 0.0151. The molecule has 0 aliphatic heterocycles. The van der Waals surface area contributed by atoms with Gasteiger partial charge in [-0.2, -0.15) is 0 Å². The summed E-state index contributed by atoms with van der Waals surface area (Å²) in [6, 6.07) is 11.2. The van der Waals surface area contributed by atoms with Gasteiger partial charge in [0.1, 0.15) is 5.75 Å². The van der Waals surface area contributed by atoms with Crippen LogP contribution < -0.4 is 4.74 Å². The lowest BCUT2D eigenvalue weighted by Crippen LogP contribution is -1.98. The van der Waals surface area contributed by atoms with Crippen LogP contribution in [0.3, 0.4) is 0 Å². The first-order chi connectivity index (χ1) is 8.16. The van der Waals surface area contributed by atoms with Crippen molar-refractivity contribution in [1.29, 1.82) is 0 Å². The van der Waals surface area contributed by atoms with Crippen LogP contribution in [0.1, 0.15) is 22.8 Å². The highest BCUT2D eigenvalue weighted by Crippen LogP contribution is 2.20. The number of hydrogen-bond acceptors (Lipinski definition) is 3. The number of rotatable bonds is 3. The number of ketones is 1. The van der Waals surface area contributed by atoms with E-state index in [1.54, 1.807) is 12.3 Å². The molecule has 0 amide bonds. The number of aryl methyl sites for hydroxylation is 1. The third-order valence-corrected chi connectivity index (χ3v) is 2.43. The molecule has 2 aromatic rings. The van der Waals surface area contributed by atoms with Crippen molar-refractivity contribution >= 4 is 5.78 Å². The van der Waals surface area contributed by atoms with Gasteiger partial charge >= 0.3 is 0 Å². The average Bonchev–Trinajstić information content (AvgIpc) is 2.30. The second kappa shape index (κ2) is 4.78. The van der Waals surface area contributed by atoms with E-state index in [1.165, 1.54) is 6.92 Å². The molecule has 2 rings (SSSR count). The molecule has 0 aliphatic carbocycles. The van der Waals surface area contributed by atoms with Crippen molar-refractivity contribution in [2.75, 3.05) is 0 Å². The molecule has 0 spiro atoms. The summed E-state index contributed by atoms with van der Waals surface area (Å²) in [5.74, 6) is 1.25. The van der Waals surface area contributed by atoms with E-state index >= 15 is 0 Å².